The van der Waals surface area contributed by atoms with Crippen LogP contribution in [0.25, 0.3) is 11.0 Å². The zero-order chi connectivity index (χ0) is 19.1. The zero-order valence-corrected chi connectivity index (χ0v) is 16.7. The number of aryl methyl sites for hydroxylation is 2. The van der Waals surface area contributed by atoms with E-state index in [9.17, 15) is 4.79 Å². The number of benzene rings is 2. The molecular formula is C23H22N2O2S. The van der Waals surface area contributed by atoms with E-state index in [1.807, 2.05) is 36.6 Å². The number of hydrogen-bond acceptors (Lipinski definition) is 5. The van der Waals surface area contributed by atoms with Crippen molar-refractivity contribution in [1.82, 2.24) is 0 Å². The number of anilines is 1. The Balaban J connectivity index is 1.62. The highest BCUT2D eigenvalue weighted by molar-refractivity contribution is 7.98. The summed E-state index contributed by atoms with van der Waals surface area (Å²) in [5.74, 6) is 0. The summed E-state index contributed by atoms with van der Waals surface area (Å²) < 4.78 is 5.83. The van der Waals surface area contributed by atoms with Crippen molar-refractivity contribution in [3.05, 3.63) is 63.5 Å². The lowest BCUT2D eigenvalue weighted by atomic mass is 9.90. The van der Waals surface area contributed by atoms with Gasteiger partial charge in [-0.3, -0.25) is 4.99 Å². The third-order valence-corrected chi connectivity index (χ3v) is 6.46. The Kier molecular flexibility index (Phi) is 4.47. The number of fused-ring (bicyclic) bond motifs is 2. The molecule has 0 atom stereocenters. The van der Waals surface area contributed by atoms with E-state index in [4.69, 9.17) is 4.42 Å². The lowest BCUT2D eigenvalue weighted by molar-refractivity contribution is 0.548. The summed E-state index contributed by atoms with van der Waals surface area (Å²) in [5, 5.41) is 1.01. The maximum absolute atomic E-state index is 12.7. The van der Waals surface area contributed by atoms with Crippen molar-refractivity contribution in [3.8, 4) is 0 Å². The first kappa shape index (κ1) is 17.6. The summed E-state index contributed by atoms with van der Waals surface area (Å²) in [6, 6.07) is 12.1. The van der Waals surface area contributed by atoms with Crippen LogP contribution >= 0.6 is 11.8 Å². The molecule has 5 rings (SSSR count). The molecule has 2 aliphatic heterocycles. The van der Waals surface area contributed by atoms with Crippen LogP contribution < -0.4 is 10.5 Å². The highest BCUT2D eigenvalue weighted by Gasteiger charge is 2.26. The van der Waals surface area contributed by atoms with Crippen LogP contribution in [0.5, 0.6) is 0 Å². The standard InChI is InChI=1S/C23H22N2O2S/c1-28-20-9-3-2-8-19(20)24-14-17-13-16-12-15-6-4-10-25-11-5-7-18(21(15)25)22(16)27-23(17)26/h2-3,8-9,12-14H,4-7,10-11H2,1H3. The highest BCUT2D eigenvalue weighted by atomic mass is 32.2. The first-order valence-corrected chi connectivity index (χ1v) is 11.0. The van der Waals surface area contributed by atoms with Crippen LogP contribution in [0.15, 0.2) is 55.5 Å². The van der Waals surface area contributed by atoms with E-state index < -0.39 is 0 Å². The van der Waals surface area contributed by atoms with E-state index >= 15 is 0 Å². The van der Waals surface area contributed by atoms with Gasteiger partial charge in [-0.15, -0.1) is 11.8 Å². The average Bonchev–Trinajstić information content (AvgIpc) is 2.73. The zero-order valence-electron chi connectivity index (χ0n) is 15.9. The summed E-state index contributed by atoms with van der Waals surface area (Å²) in [7, 11) is 0. The molecule has 0 saturated carbocycles. The summed E-state index contributed by atoms with van der Waals surface area (Å²) in [6.45, 7) is 2.21. The molecule has 0 bridgehead atoms. The van der Waals surface area contributed by atoms with Gasteiger partial charge >= 0.3 is 5.63 Å². The highest BCUT2D eigenvalue weighted by Crippen LogP contribution is 2.39. The second-order valence-electron chi connectivity index (χ2n) is 7.39. The van der Waals surface area contributed by atoms with Crippen LogP contribution in [-0.4, -0.2) is 25.6 Å². The van der Waals surface area contributed by atoms with Gasteiger partial charge in [0.05, 0.1) is 11.3 Å². The average molecular weight is 391 g/mol. The topological polar surface area (TPSA) is 45.8 Å². The van der Waals surface area contributed by atoms with Gasteiger partial charge in [0.2, 0.25) is 0 Å². The Morgan fingerprint density at radius 3 is 2.82 bits per heavy atom. The summed E-state index contributed by atoms with van der Waals surface area (Å²) >= 11 is 1.64. The van der Waals surface area contributed by atoms with Crippen LogP contribution in [0.2, 0.25) is 0 Å². The van der Waals surface area contributed by atoms with Crippen molar-refractivity contribution in [2.24, 2.45) is 4.99 Å². The SMILES string of the molecule is CSc1ccccc1N=Cc1cc2cc3c4c(c2oc1=O)CCCN4CCC3. The quantitative estimate of drug-likeness (QED) is 0.360. The van der Waals surface area contributed by atoms with E-state index in [1.165, 1.54) is 23.2 Å². The van der Waals surface area contributed by atoms with Crippen LogP contribution in [0, 0.1) is 0 Å². The first-order chi connectivity index (χ1) is 13.7. The van der Waals surface area contributed by atoms with Gasteiger partial charge in [0.25, 0.3) is 0 Å². The smallest absolute Gasteiger partial charge is 0.345 e. The van der Waals surface area contributed by atoms with Crippen molar-refractivity contribution in [2.75, 3.05) is 24.2 Å². The van der Waals surface area contributed by atoms with Gasteiger partial charge in [0.1, 0.15) is 5.58 Å². The van der Waals surface area contributed by atoms with E-state index in [2.05, 4.69) is 16.0 Å². The van der Waals surface area contributed by atoms with Gasteiger partial charge in [-0.2, -0.15) is 0 Å². The van der Waals surface area contributed by atoms with E-state index in [0.717, 1.165) is 53.9 Å². The molecule has 5 heteroatoms. The number of thioether (sulfide) groups is 1. The molecule has 28 heavy (non-hydrogen) atoms. The molecule has 0 radical (unpaired) electrons. The lowest BCUT2D eigenvalue weighted by Crippen LogP contribution is -2.34. The molecule has 4 nitrogen and oxygen atoms in total. The van der Waals surface area contributed by atoms with Gasteiger partial charge in [-0.1, -0.05) is 12.1 Å². The Hall–Kier alpha value is -2.53. The van der Waals surface area contributed by atoms with Gasteiger partial charge in [-0.25, -0.2) is 4.79 Å². The molecule has 1 aromatic heterocycles. The minimum Gasteiger partial charge on any atom is -0.422 e. The maximum Gasteiger partial charge on any atom is 0.345 e. The number of para-hydroxylation sites is 1. The number of hydrogen-bond donors (Lipinski definition) is 0. The normalized spacial score (nSPS) is 16.0. The Morgan fingerprint density at radius 2 is 1.96 bits per heavy atom. The van der Waals surface area contributed by atoms with Crippen LogP contribution in [0.1, 0.15) is 29.5 Å². The van der Waals surface area contributed by atoms with Gasteiger partial charge in [0, 0.05) is 40.8 Å². The number of nitrogens with zero attached hydrogens (tertiary/aromatic N) is 2. The largest absolute Gasteiger partial charge is 0.422 e. The molecule has 0 N–H and O–H groups in total. The second-order valence-corrected chi connectivity index (χ2v) is 8.24. The van der Waals surface area contributed by atoms with E-state index in [-0.39, 0.29) is 5.63 Å². The number of rotatable bonds is 3. The molecular weight excluding hydrogens is 368 g/mol. The molecule has 0 saturated heterocycles. The predicted molar refractivity (Wildman–Crippen MR) is 117 cm³/mol. The Bertz CT molecular complexity index is 1150. The predicted octanol–water partition coefficient (Wildman–Crippen LogP) is 4.96. The van der Waals surface area contributed by atoms with E-state index in [1.54, 1.807) is 18.0 Å². The molecule has 0 amide bonds. The minimum absolute atomic E-state index is 0.318. The molecule has 2 aliphatic rings. The van der Waals surface area contributed by atoms with Crippen molar-refractivity contribution >= 4 is 40.3 Å². The molecule has 0 spiro atoms. The summed E-state index contributed by atoms with van der Waals surface area (Å²) in [4.78, 5) is 20.8. The third-order valence-electron chi connectivity index (χ3n) is 5.67. The Morgan fingerprint density at radius 1 is 1.14 bits per heavy atom. The van der Waals surface area contributed by atoms with Crippen molar-refractivity contribution in [2.45, 2.75) is 30.6 Å². The van der Waals surface area contributed by atoms with Crippen molar-refractivity contribution < 1.29 is 4.42 Å². The second kappa shape index (κ2) is 7.13. The van der Waals surface area contributed by atoms with Crippen LogP contribution in [-0.2, 0) is 12.8 Å². The molecule has 0 fully saturated rings. The Labute approximate surface area is 168 Å². The fourth-order valence-corrected chi connectivity index (χ4v) is 4.97. The van der Waals surface area contributed by atoms with Gasteiger partial charge in [0.15, 0.2) is 0 Å². The summed E-state index contributed by atoms with van der Waals surface area (Å²) in [6.07, 6.45) is 8.04. The first-order valence-electron chi connectivity index (χ1n) is 9.79. The molecule has 3 heterocycles. The number of aliphatic imine (C=N–C) groups is 1. The molecule has 3 aromatic rings. The monoisotopic (exact) mass is 390 g/mol. The van der Waals surface area contributed by atoms with Gasteiger partial charge < -0.3 is 9.32 Å². The molecule has 142 valence electrons. The van der Waals surface area contributed by atoms with Crippen molar-refractivity contribution in [1.29, 1.82) is 0 Å². The molecule has 2 aromatic carbocycles. The fourth-order valence-electron chi connectivity index (χ4n) is 4.43. The van der Waals surface area contributed by atoms with Gasteiger partial charge in [-0.05, 0) is 61.8 Å². The minimum atomic E-state index is -0.318. The van der Waals surface area contributed by atoms with Crippen LogP contribution in [0.3, 0.4) is 0 Å². The van der Waals surface area contributed by atoms with E-state index in [0.29, 0.717) is 5.56 Å². The molecule has 0 unspecified atom stereocenters. The maximum atomic E-state index is 12.7. The third kappa shape index (κ3) is 2.94. The molecule has 0 aliphatic carbocycles. The fraction of sp³-hybridized carbons (Fsp3) is 0.304. The van der Waals surface area contributed by atoms with Crippen LogP contribution in [0.4, 0.5) is 11.4 Å². The van der Waals surface area contributed by atoms with Crippen molar-refractivity contribution in [3.63, 3.8) is 0 Å². The summed E-state index contributed by atoms with van der Waals surface area (Å²) in [5.41, 5.74) is 5.73. The lowest BCUT2D eigenvalue weighted by Gasteiger charge is -2.37.